The topological polar surface area (TPSA) is 15.3 Å². The molecule has 3 heteroatoms. The third kappa shape index (κ3) is 5.53. The molecule has 0 saturated carbocycles. The summed E-state index contributed by atoms with van der Waals surface area (Å²) in [5, 5.41) is 3.58. The summed E-state index contributed by atoms with van der Waals surface area (Å²) in [7, 11) is 0. The van der Waals surface area contributed by atoms with Gasteiger partial charge in [-0.25, -0.2) is 0 Å². The summed E-state index contributed by atoms with van der Waals surface area (Å²) in [6.07, 6.45) is 1.17. The Morgan fingerprint density at radius 3 is 2.42 bits per heavy atom. The zero-order valence-corrected chi connectivity index (χ0v) is 14.5. The number of nitrogens with zero attached hydrogens (tertiary/aromatic N) is 1. The Morgan fingerprint density at radius 1 is 1.21 bits per heavy atom. The van der Waals surface area contributed by atoms with Gasteiger partial charge in [0, 0.05) is 35.3 Å². The van der Waals surface area contributed by atoms with E-state index in [0.717, 1.165) is 24.1 Å². The summed E-state index contributed by atoms with van der Waals surface area (Å²) in [5.41, 5.74) is 2.86. The number of halogens is 1. The van der Waals surface area contributed by atoms with E-state index in [1.807, 2.05) is 0 Å². The van der Waals surface area contributed by atoms with Crippen LogP contribution in [0, 0.1) is 0 Å². The predicted molar refractivity (Wildman–Crippen MR) is 88.9 cm³/mol. The average Bonchev–Trinajstić information content (AvgIpc) is 2.33. The van der Waals surface area contributed by atoms with Gasteiger partial charge in [-0.05, 0) is 51.8 Å². The van der Waals surface area contributed by atoms with E-state index in [9.17, 15) is 0 Å². The van der Waals surface area contributed by atoms with E-state index in [4.69, 9.17) is 0 Å². The summed E-state index contributed by atoms with van der Waals surface area (Å²) in [5.74, 6) is 0. The molecule has 0 spiro atoms. The highest BCUT2D eigenvalue weighted by molar-refractivity contribution is 9.10. The summed E-state index contributed by atoms with van der Waals surface area (Å²) in [6.45, 7) is 14.1. The van der Waals surface area contributed by atoms with Gasteiger partial charge in [0.2, 0.25) is 0 Å². The maximum Gasteiger partial charge on any atom is 0.0423 e. The third-order valence-corrected chi connectivity index (χ3v) is 3.57. The van der Waals surface area contributed by atoms with Crippen molar-refractivity contribution in [3.05, 3.63) is 28.2 Å². The largest absolute Gasteiger partial charge is 0.372 e. The molecule has 0 aromatic heterocycles. The zero-order valence-electron chi connectivity index (χ0n) is 12.9. The molecule has 0 aliphatic carbocycles. The van der Waals surface area contributed by atoms with E-state index in [1.54, 1.807) is 0 Å². The number of anilines is 1. The molecule has 108 valence electrons. The van der Waals surface area contributed by atoms with Crippen molar-refractivity contribution in [2.45, 2.75) is 53.1 Å². The van der Waals surface area contributed by atoms with E-state index in [0.29, 0.717) is 0 Å². The predicted octanol–water partition coefficient (Wildman–Crippen LogP) is 4.57. The molecular formula is C16H27BrN2. The normalized spacial score (nSPS) is 11.7. The molecule has 0 aliphatic heterocycles. The van der Waals surface area contributed by atoms with Gasteiger partial charge in [0.05, 0.1) is 0 Å². The molecule has 0 bridgehead atoms. The van der Waals surface area contributed by atoms with Crippen LogP contribution in [0.4, 0.5) is 5.69 Å². The number of rotatable bonds is 6. The molecule has 0 heterocycles. The molecule has 0 fully saturated rings. The molecule has 1 aromatic rings. The molecule has 0 radical (unpaired) electrons. The third-order valence-electron chi connectivity index (χ3n) is 3.07. The van der Waals surface area contributed by atoms with E-state index in [2.05, 4.69) is 79.0 Å². The second-order valence-electron chi connectivity index (χ2n) is 5.96. The quantitative estimate of drug-likeness (QED) is 0.823. The van der Waals surface area contributed by atoms with Gasteiger partial charge in [-0.1, -0.05) is 28.9 Å². The molecule has 1 aromatic carbocycles. The van der Waals surface area contributed by atoms with Gasteiger partial charge in [-0.2, -0.15) is 0 Å². The van der Waals surface area contributed by atoms with Crippen LogP contribution in [0.3, 0.4) is 0 Å². The van der Waals surface area contributed by atoms with E-state index >= 15 is 0 Å². The maximum absolute atomic E-state index is 3.59. The summed E-state index contributed by atoms with van der Waals surface area (Å²) in [4.78, 5) is 2.45. The van der Waals surface area contributed by atoms with Crippen LogP contribution in [0.1, 0.15) is 46.6 Å². The van der Waals surface area contributed by atoms with Gasteiger partial charge < -0.3 is 10.2 Å². The van der Waals surface area contributed by atoms with Crippen molar-refractivity contribution in [2.24, 2.45) is 0 Å². The lowest BCUT2D eigenvalue weighted by atomic mass is 10.1. The van der Waals surface area contributed by atoms with Crippen LogP contribution in [-0.4, -0.2) is 18.6 Å². The first-order valence-corrected chi connectivity index (χ1v) is 7.95. The molecule has 0 amide bonds. The van der Waals surface area contributed by atoms with Gasteiger partial charge in [0.25, 0.3) is 0 Å². The molecule has 19 heavy (non-hydrogen) atoms. The van der Waals surface area contributed by atoms with Crippen molar-refractivity contribution in [2.75, 3.05) is 18.0 Å². The van der Waals surface area contributed by atoms with Crippen LogP contribution in [0.15, 0.2) is 22.7 Å². The van der Waals surface area contributed by atoms with Crippen LogP contribution in [-0.2, 0) is 6.54 Å². The standard InChI is InChI=1S/C16H27BrN2/c1-6-10-19(7-2)15-11-14(17)9-8-13(15)12-18-16(3,4)5/h8-9,11,18H,6-7,10,12H2,1-5H3. The highest BCUT2D eigenvalue weighted by Gasteiger charge is 2.13. The summed E-state index contributed by atoms with van der Waals surface area (Å²) in [6, 6.07) is 6.58. The Bertz CT molecular complexity index is 396. The fourth-order valence-electron chi connectivity index (χ4n) is 2.06. The minimum atomic E-state index is 0.145. The van der Waals surface area contributed by atoms with Crippen LogP contribution < -0.4 is 10.2 Å². The highest BCUT2D eigenvalue weighted by atomic mass is 79.9. The number of hydrogen-bond donors (Lipinski definition) is 1. The smallest absolute Gasteiger partial charge is 0.0423 e. The first-order valence-electron chi connectivity index (χ1n) is 7.15. The Balaban J connectivity index is 2.96. The molecule has 1 rings (SSSR count). The lowest BCUT2D eigenvalue weighted by Gasteiger charge is -2.27. The maximum atomic E-state index is 3.59. The van der Waals surface area contributed by atoms with Crippen molar-refractivity contribution in [3.63, 3.8) is 0 Å². The lowest BCUT2D eigenvalue weighted by Crippen LogP contribution is -2.36. The minimum Gasteiger partial charge on any atom is -0.372 e. The van der Waals surface area contributed by atoms with Gasteiger partial charge in [-0.15, -0.1) is 0 Å². The monoisotopic (exact) mass is 326 g/mol. The fraction of sp³-hybridized carbons (Fsp3) is 0.625. The van der Waals surface area contributed by atoms with Gasteiger partial charge in [-0.3, -0.25) is 0 Å². The lowest BCUT2D eigenvalue weighted by molar-refractivity contribution is 0.424. The SMILES string of the molecule is CCCN(CC)c1cc(Br)ccc1CNC(C)(C)C. The minimum absolute atomic E-state index is 0.145. The van der Waals surface area contributed by atoms with Crippen molar-refractivity contribution >= 4 is 21.6 Å². The zero-order chi connectivity index (χ0) is 14.5. The van der Waals surface area contributed by atoms with Gasteiger partial charge >= 0.3 is 0 Å². The number of benzene rings is 1. The van der Waals surface area contributed by atoms with Gasteiger partial charge in [0.15, 0.2) is 0 Å². The van der Waals surface area contributed by atoms with E-state index in [1.165, 1.54) is 17.7 Å². The Kier molecular flexibility index (Phi) is 6.34. The Hall–Kier alpha value is -0.540. The van der Waals surface area contributed by atoms with Crippen molar-refractivity contribution in [1.29, 1.82) is 0 Å². The Labute approximate surface area is 126 Å². The number of hydrogen-bond acceptors (Lipinski definition) is 2. The van der Waals surface area contributed by atoms with E-state index < -0.39 is 0 Å². The van der Waals surface area contributed by atoms with Crippen molar-refractivity contribution in [1.82, 2.24) is 5.32 Å². The summed E-state index contributed by atoms with van der Waals surface area (Å²) < 4.78 is 1.15. The molecular weight excluding hydrogens is 300 g/mol. The van der Waals surface area contributed by atoms with Crippen LogP contribution >= 0.6 is 15.9 Å². The highest BCUT2D eigenvalue weighted by Crippen LogP contribution is 2.26. The fourth-order valence-corrected chi connectivity index (χ4v) is 2.41. The molecule has 0 atom stereocenters. The van der Waals surface area contributed by atoms with Gasteiger partial charge in [0.1, 0.15) is 0 Å². The molecule has 1 N–H and O–H groups in total. The van der Waals surface area contributed by atoms with Crippen molar-refractivity contribution in [3.8, 4) is 0 Å². The molecule has 0 saturated heterocycles. The first kappa shape index (κ1) is 16.5. The second-order valence-corrected chi connectivity index (χ2v) is 6.87. The van der Waals surface area contributed by atoms with Crippen LogP contribution in [0.25, 0.3) is 0 Å². The molecule has 2 nitrogen and oxygen atoms in total. The average molecular weight is 327 g/mol. The number of nitrogens with one attached hydrogen (secondary N) is 1. The van der Waals surface area contributed by atoms with E-state index in [-0.39, 0.29) is 5.54 Å². The Morgan fingerprint density at radius 2 is 1.89 bits per heavy atom. The molecule has 0 unspecified atom stereocenters. The summed E-state index contributed by atoms with van der Waals surface area (Å²) >= 11 is 3.59. The molecule has 0 aliphatic rings. The first-order chi connectivity index (χ1) is 8.87. The second kappa shape index (κ2) is 7.30. The van der Waals surface area contributed by atoms with Crippen LogP contribution in [0.2, 0.25) is 0 Å². The van der Waals surface area contributed by atoms with Crippen molar-refractivity contribution < 1.29 is 0 Å². The van der Waals surface area contributed by atoms with Crippen LogP contribution in [0.5, 0.6) is 0 Å².